The number of amides is 1. The number of carbonyl (C=O) groups is 2. The zero-order valence-corrected chi connectivity index (χ0v) is 10.8. The lowest BCUT2D eigenvalue weighted by Gasteiger charge is -2.22. The summed E-state index contributed by atoms with van der Waals surface area (Å²) in [5.41, 5.74) is -0.614. The molecule has 1 atom stereocenters. The van der Waals surface area contributed by atoms with Gasteiger partial charge in [0.25, 0.3) is 0 Å². The van der Waals surface area contributed by atoms with Gasteiger partial charge in [0.2, 0.25) is 0 Å². The van der Waals surface area contributed by atoms with Gasteiger partial charge in [-0.25, -0.2) is 9.59 Å². The number of carbonyl (C=O) groups excluding carboxylic acids is 2. The second kappa shape index (κ2) is 7.11. The van der Waals surface area contributed by atoms with Crippen LogP contribution >= 0.6 is 0 Å². The van der Waals surface area contributed by atoms with Crippen molar-refractivity contribution in [2.24, 2.45) is 0 Å². The highest BCUT2D eigenvalue weighted by atomic mass is 16.6. The summed E-state index contributed by atoms with van der Waals surface area (Å²) < 4.78 is 9.73. The Bertz CT molecular complexity index is 259. The fourth-order valence-electron chi connectivity index (χ4n) is 1.02. The average Bonchev–Trinajstić information content (AvgIpc) is 2.19. The average molecular weight is 247 g/mol. The summed E-state index contributed by atoms with van der Waals surface area (Å²) in [4.78, 5) is 22.8. The summed E-state index contributed by atoms with van der Waals surface area (Å²) >= 11 is 0. The molecule has 0 aliphatic rings. The van der Waals surface area contributed by atoms with E-state index in [4.69, 9.17) is 14.6 Å². The number of rotatable bonds is 5. The van der Waals surface area contributed by atoms with E-state index in [1.54, 1.807) is 27.7 Å². The van der Waals surface area contributed by atoms with E-state index >= 15 is 0 Å². The first-order valence-corrected chi connectivity index (χ1v) is 5.57. The maximum Gasteiger partial charge on any atom is 0.408 e. The SMILES string of the molecule is CCC(NC(=O)OC(C)(C)C)C(=O)OCCO. The Morgan fingerprint density at radius 3 is 2.35 bits per heavy atom. The molecular weight excluding hydrogens is 226 g/mol. The molecule has 0 spiro atoms. The van der Waals surface area contributed by atoms with Crippen LogP contribution in [-0.4, -0.2) is 42.0 Å². The van der Waals surface area contributed by atoms with Crippen molar-refractivity contribution in [1.82, 2.24) is 5.32 Å². The molecule has 0 radical (unpaired) electrons. The van der Waals surface area contributed by atoms with E-state index in [2.05, 4.69) is 5.32 Å². The van der Waals surface area contributed by atoms with E-state index in [9.17, 15) is 9.59 Å². The minimum Gasteiger partial charge on any atom is -0.462 e. The Morgan fingerprint density at radius 1 is 1.35 bits per heavy atom. The number of hydrogen-bond donors (Lipinski definition) is 2. The third-order valence-corrected chi connectivity index (χ3v) is 1.72. The van der Waals surface area contributed by atoms with Crippen LogP contribution in [0.5, 0.6) is 0 Å². The molecule has 0 aliphatic heterocycles. The lowest BCUT2D eigenvalue weighted by molar-refractivity contribution is -0.147. The Hall–Kier alpha value is -1.30. The monoisotopic (exact) mass is 247 g/mol. The lowest BCUT2D eigenvalue weighted by Crippen LogP contribution is -2.44. The van der Waals surface area contributed by atoms with Crippen LogP contribution in [0.15, 0.2) is 0 Å². The maximum absolute atomic E-state index is 11.4. The van der Waals surface area contributed by atoms with Crippen molar-refractivity contribution >= 4 is 12.1 Å². The number of aliphatic hydroxyl groups excluding tert-OH is 1. The maximum atomic E-state index is 11.4. The smallest absolute Gasteiger partial charge is 0.408 e. The molecule has 0 saturated carbocycles. The van der Waals surface area contributed by atoms with Gasteiger partial charge >= 0.3 is 12.1 Å². The van der Waals surface area contributed by atoms with Crippen molar-refractivity contribution in [3.8, 4) is 0 Å². The molecule has 2 N–H and O–H groups in total. The first kappa shape index (κ1) is 15.7. The summed E-state index contributed by atoms with van der Waals surface area (Å²) in [5, 5.41) is 10.9. The van der Waals surface area contributed by atoms with Crippen LogP contribution in [0.4, 0.5) is 4.79 Å². The summed E-state index contributed by atoms with van der Waals surface area (Å²) in [6.45, 7) is 6.62. The molecule has 0 aliphatic carbocycles. The van der Waals surface area contributed by atoms with Gasteiger partial charge in [-0.3, -0.25) is 0 Å². The van der Waals surface area contributed by atoms with Crippen LogP contribution in [-0.2, 0) is 14.3 Å². The highest BCUT2D eigenvalue weighted by molar-refractivity contribution is 5.81. The van der Waals surface area contributed by atoms with Gasteiger partial charge < -0.3 is 19.9 Å². The zero-order chi connectivity index (χ0) is 13.5. The minimum atomic E-state index is -0.753. The highest BCUT2D eigenvalue weighted by Gasteiger charge is 2.23. The van der Waals surface area contributed by atoms with Gasteiger partial charge in [0.05, 0.1) is 6.61 Å². The lowest BCUT2D eigenvalue weighted by atomic mass is 10.2. The van der Waals surface area contributed by atoms with Crippen molar-refractivity contribution < 1.29 is 24.2 Å². The van der Waals surface area contributed by atoms with Crippen LogP contribution in [0.1, 0.15) is 34.1 Å². The fourth-order valence-corrected chi connectivity index (χ4v) is 1.02. The number of esters is 1. The molecule has 0 bridgehead atoms. The summed E-state index contributed by atoms with van der Waals surface area (Å²) in [6.07, 6.45) is -0.269. The number of nitrogens with one attached hydrogen (secondary N) is 1. The van der Waals surface area contributed by atoms with Crippen molar-refractivity contribution in [2.75, 3.05) is 13.2 Å². The second-order valence-electron chi connectivity index (χ2n) is 4.50. The van der Waals surface area contributed by atoms with E-state index in [0.717, 1.165) is 0 Å². The Labute approximate surface area is 101 Å². The molecule has 0 aromatic rings. The Morgan fingerprint density at radius 2 is 1.94 bits per heavy atom. The Balaban J connectivity index is 4.21. The van der Waals surface area contributed by atoms with Gasteiger partial charge in [-0.1, -0.05) is 6.92 Å². The first-order valence-electron chi connectivity index (χ1n) is 5.57. The van der Waals surface area contributed by atoms with E-state index in [1.807, 2.05) is 0 Å². The predicted octanol–water partition coefficient (Wildman–Crippen LogP) is 0.825. The summed E-state index contributed by atoms with van der Waals surface area (Å²) in [5.74, 6) is -0.576. The predicted molar refractivity (Wildman–Crippen MR) is 61.5 cm³/mol. The number of aliphatic hydroxyl groups is 1. The van der Waals surface area contributed by atoms with E-state index in [0.29, 0.717) is 6.42 Å². The summed E-state index contributed by atoms with van der Waals surface area (Å²) in [6, 6.07) is -0.753. The highest BCUT2D eigenvalue weighted by Crippen LogP contribution is 2.07. The molecule has 0 saturated heterocycles. The van der Waals surface area contributed by atoms with Crippen LogP contribution in [0.3, 0.4) is 0 Å². The van der Waals surface area contributed by atoms with Crippen LogP contribution in [0.25, 0.3) is 0 Å². The minimum absolute atomic E-state index is 0.0780. The molecule has 0 aromatic carbocycles. The van der Waals surface area contributed by atoms with E-state index < -0.39 is 23.7 Å². The zero-order valence-electron chi connectivity index (χ0n) is 10.8. The topological polar surface area (TPSA) is 84.9 Å². The van der Waals surface area contributed by atoms with Gasteiger partial charge in [0, 0.05) is 0 Å². The molecule has 17 heavy (non-hydrogen) atoms. The van der Waals surface area contributed by atoms with Crippen molar-refractivity contribution in [2.45, 2.75) is 45.8 Å². The number of hydrogen-bond acceptors (Lipinski definition) is 5. The van der Waals surface area contributed by atoms with E-state index in [-0.39, 0.29) is 13.2 Å². The number of ether oxygens (including phenoxy) is 2. The Kier molecular flexibility index (Phi) is 6.57. The van der Waals surface area contributed by atoms with Crippen molar-refractivity contribution in [3.63, 3.8) is 0 Å². The molecule has 0 fully saturated rings. The second-order valence-corrected chi connectivity index (χ2v) is 4.50. The molecule has 6 nitrogen and oxygen atoms in total. The largest absolute Gasteiger partial charge is 0.462 e. The van der Waals surface area contributed by atoms with Gasteiger partial charge in [-0.05, 0) is 27.2 Å². The van der Waals surface area contributed by atoms with Gasteiger partial charge in [0.15, 0.2) is 0 Å². The summed E-state index contributed by atoms with van der Waals surface area (Å²) in [7, 11) is 0. The van der Waals surface area contributed by atoms with Gasteiger partial charge in [0.1, 0.15) is 18.2 Å². The standard InChI is InChI=1S/C11H21NO5/c1-5-8(9(14)16-7-6-13)12-10(15)17-11(2,3)4/h8,13H,5-7H2,1-4H3,(H,12,15). The third kappa shape index (κ3) is 7.57. The fraction of sp³-hybridized carbons (Fsp3) is 0.818. The van der Waals surface area contributed by atoms with Gasteiger partial charge in [-0.15, -0.1) is 0 Å². The molecule has 100 valence electrons. The molecule has 1 amide bonds. The molecule has 0 heterocycles. The van der Waals surface area contributed by atoms with Gasteiger partial charge in [-0.2, -0.15) is 0 Å². The third-order valence-electron chi connectivity index (χ3n) is 1.72. The molecule has 6 heteroatoms. The van der Waals surface area contributed by atoms with Crippen LogP contribution < -0.4 is 5.32 Å². The molecular formula is C11H21NO5. The first-order chi connectivity index (χ1) is 7.80. The number of alkyl carbamates (subject to hydrolysis) is 1. The van der Waals surface area contributed by atoms with Crippen molar-refractivity contribution in [1.29, 1.82) is 0 Å². The van der Waals surface area contributed by atoms with Crippen molar-refractivity contribution in [3.05, 3.63) is 0 Å². The normalized spacial score (nSPS) is 12.8. The molecule has 0 aromatic heterocycles. The molecule has 1 unspecified atom stereocenters. The molecule has 0 rings (SSSR count). The quantitative estimate of drug-likeness (QED) is 0.703. The van der Waals surface area contributed by atoms with E-state index in [1.165, 1.54) is 0 Å². The van der Waals surface area contributed by atoms with Crippen LogP contribution in [0.2, 0.25) is 0 Å². The van der Waals surface area contributed by atoms with Crippen LogP contribution in [0, 0.1) is 0 Å².